The van der Waals surface area contributed by atoms with Crippen molar-refractivity contribution in [2.45, 2.75) is 6.04 Å². The molecule has 0 radical (unpaired) electrons. The summed E-state index contributed by atoms with van der Waals surface area (Å²) < 4.78 is 0. The van der Waals surface area contributed by atoms with Crippen molar-refractivity contribution in [3.05, 3.63) is 101 Å². The lowest BCUT2D eigenvalue weighted by atomic mass is 9.96. The van der Waals surface area contributed by atoms with E-state index in [9.17, 15) is 9.59 Å². The number of hydrogen-bond donors (Lipinski definition) is 1. The molecule has 2 heterocycles. The highest BCUT2D eigenvalue weighted by atomic mass is 16.2. The fourth-order valence-electron chi connectivity index (χ4n) is 3.94. The van der Waals surface area contributed by atoms with Crippen LogP contribution in [0.4, 0.5) is 0 Å². The molecule has 152 valence electrons. The molecule has 0 aliphatic carbocycles. The SMILES string of the molecule is NC(=O)c1cncc(C(=O)N2CCN(C(c3ccccc3)c3ccccc3)CC2)c1. The van der Waals surface area contributed by atoms with E-state index in [1.165, 1.54) is 29.6 Å². The maximum atomic E-state index is 12.9. The van der Waals surface area contributed by atoms with E-state index in [4.69, 9.17) is 5.73 Å². The third-order valence-corrected chi connectivity index (χ3v) is 5.47. The monoisotopic (exact) mass is 400 g/mol. The van der Waals surface area contributed by atoms with Crippen molar-refractivity contribution in [1.82, 2.24) is 14.8 Å². The van der Waals surface area contributed by atoms with Crippen LogP contribution in [0.1, 0.15) is 37.9 Å². The molecule has 1 aromatic heterocycles. The van der Waals surface area contributed by atoms with Crippen molar-refractivity contribution in [3.8, 4) is 0 Å². The van der Waals surface area contributed by atoms with E-state index in [1.54, 1.807) is 0 Å². The maximum absolute atomic E-state index is 12.9. The molecule has 30 heavy (non-hydrogen) atoms. The Morgan fingerprint density at radius 3 is 1.87 bits per heavy atom. The van der Waals surface area contributed by atoms with E-state index in [0.717, 1.165) is 13.1 Å². The van der Waals surface area contributed by atoms with Crippen LogP contribution >= 0.6 is 0 Å². The van der Waals surface area contributed by atoms with Gasteiger partial charge in [-0.3, -0.25) is 19.5 Å². The number of primary amides is 1. The van der Waals surface area contributed by atoms with Crippen LogP contribution in [0.25, 0.3) is 0 Å². The zero-order valence-corrected chi connectivity index (χ0v) is 16.6. The summed E-state index contributed by atoms with van der Waals surface area (Å²) in [6.45, 7) is 2.72. The van der Waals surface area contributed by atoms with Gasteiger partial charge >= 0.3 is 0 Å². The largest absolute Gasteiger partial charge is 0.366 e. The lowest BCUT2D eigenvalue weighted by Gasteiger charge is -2.39. The van der Waals surface area contributed by atoms with E-state index in [1.807, 2.05) is 17.0 Å². The van der Waals surface area contributed by atoms with Crippen molar-refractivity contribution in [3.63, 3.8) is 0 Å². The number of rotatable bonds is 5. The molecule has 2 N–H and O–H groups in total. The Hall–Kier alpha value is -3.51. The fraction of sp³-hybridized carbons (Fsp3) is 0.208. The number of nitrogens with two attached hydrogens (primary N) is 1. The summed E-state index contributed by atoms with van der Waals surface area (Å²) in [6, 6.07) is 22.5. The number of amides is 2. The van der Waals surface area contributed by atoms with E-state index in [-0.39, 0.29) is 17.5 Å². The molecule has 0 saturated carbocycles. The van der Waals surface area contributed by atoms with Gasteiger partial charge < -0.3 is 10.6 Å². The Balaban J connectivity index is 1.50. The molecule has 0 atom stereocenters. The summed E-state index contributed by atoms with van der Waals surface area (Å²) in [5.41, 5.74) is 8.42. The second kappa shape index (κ2) is 8.88. The molecule has 6 nitrogen and oxygen atoms in total. The highest BCUT2D eigenvalue weighted by Crippen LogP contribution is 2.29. The van der Waals surface area contributed by atoms with Crippen LogP contribution in [0.3, 0.4) is 0 Å². The molecular weight excluding hydrogens is 376 g/mol. The highest BCUT2D eigenvalue weighted by Gasteiger charge is 2.28. The molecule has 0 unspecified atom stereocenters. The van der Waals surface area contributed by atoms with Gasteiger partial charge in [-0.25, -0.2) is 0 Å². The summed E-state index contributed by atoms with van der Waals surface area (Å²) >= 11 is 0. The Bertz CT molecular complexity index is 976. The number of piperazine rings is 1. The molecule has 1 fully saturated rings. The van der Waals surface area contributed by atoms with Gasteiger partial charge in [0.25, 0.3) is 5.91 Å². The van der Waals surface area contributed by atoms with Crippen molar-refractivity contribution < 1.29 is 9.59 Å². The van der Waals surface area contributed by atoms with Gasteiger partial charge in [0, 0.05) is 38.6 Å². The van der Waals surface area contributed by atoms with Crippen LogP contribution in [0.15, 0.2) is 79.1 Å². The van der Waals surface area contributed by atoms with Crippen molar-refractivity contribution >= 4 is 11.8 Å². The Morgan fingerprint density at radius 1 is 0.800 bits per heavy atom. The second-order valence-corrected chi connectivity index (χ2v) is 7.38. The Kier molecular flexibility index (Phi) is 5.86. The maximum Gasteiger partial charge on any atom is 0.255 e. The molecule has 0 spiro atoms. The van der Waals surface area contributed by atoms with E-state index in [2.05, 4.69) is 58.4 Å². The number of nitrogens with zero attached hydrogens (tertiary/aromatic N) is 3. The number of hydrogen-bond acceptors (Lipinski definition) is 4. The summed E-state index contributed by atoms with van der Waals surface area (Å²) in [4.78, 5) is 32.5. The fourth-order valence-corrected chi connectivity index (χ4v) is 3.94. The summed E-state index contributed by atoms with van der Waals surface area (Å²) in [5, 5.41) is 0. The zero-order chi connectivity index (χ0) is 20.9. The number of carbonyl (C=O) groups excluding carboxylic acids is 2. The third kappa shape index (κ3) is 4.23. The number of benzene rings is 2. The molecule has 1 saturated heterocycles. The molecule has 0 bridgehead atoms. The lowest BCUT2D eigenvalue weighted by molar-refractivity contribution is 0.0597. The van der Waals surface area contributed by atoms with E-state index in [0.29, 0.717) is 18.7 Å². The van der Waals surface area contributed by atoms with Crippen LogP contribution in [0.2, 0.25) is 0 Å². The van der Waals surface area contributed by atoms with Gasteiger partial charge in [0.15, 0.2) is 0 Å². The summed E-state index contributed by atoms with van der Waals surface area (Å²) in [5.74, 6) is -0.711. The molecule has 4 rings (SSSR count). The predicted molar refractivity (Wildman–Crippen MR) is 115 cm³/mol. The van der Waals surface area contributed by atoms with Gasteiger partial charge in [-0.15, -0.1) is 0 Å². The first-order valence-corrected chi connectivity index (χ1v) is 10.0. The minimum absolute atomic E-state index is 0.124. The second-order valence-electron chi connectivity index (χ2n) is 7.38. The van der Waals surface area contributed by atoms with Crippen molar-refractivity contribution in [2.75, 3.05) is 26.2 Å². The highest BCUT2D eigenvalue weighted by molar-refractivity contribution is 5.98. The van der Waals surface area contributed by atoms with Crippen LogP contribution < -0.4 is 5.73 Å². The van der Waals surface area contributed by atoms with Crippen molar-refractivity contribution in [1.29, 1.82) is 0 Å². The van der Waals surface area contributed by atoms with Gasteiger partial charge in [-0.1, -0.05) is 60.7 Å². The van der Waals surface area contributed by atoms with Gasteiger partial charge in [-0.2, -0.15) is 0 Å². The average Bonchev–Trinajstić information content (AvgIpc) is 2.81. The van der Waals surface area contributed by atoms with Crippen LogP contribution in [0.5, 0.6) is 0 Å². The number of carbonyl (C=O) groups is 2. The van der Waals surface area contributed by atoms with Gasteiger partial charge in [0.2, 0.25) is 5.91 Å². The first-order valence-electron chi connectivity index (χ1n) is 10.0. The van der Waals surface area contributed by atoms with Crippen LogP contribution in [-0.4, -0.2) is 52.8 Å². The zero-order valence-electron chi connectivity index (χ0n) is 16.6. The summed E-state index contributed by atoms with van der Waals surface area (Å²) in [6.07, 6.45) is 2.86. The van der Waals surface area contributed by atoms with Crippen LogP contribution in [0, 0.1) is 0 Å². The van der Waals surface area contributed by atoms with E-state index >= 15 is 0 Å². The lowest BCUT2D eigenvalue weighted by Crippen LogP contribution is -2.49. The van der Waals surface area contributed by atoms with Gasteiger partial charge in [-0.05, 0) is 17.2 Å². The first kappa shape index (κ1) is 19.8. The molecule has 1 aliphatic rings. The Morgan fingerprint density at radius 2 is 1.33 bits per heavy atom. The minimum atomic E-state index is -0.587. The molecule has 1 aliphatic heterocycles. The minimum Gasteiger partial charge on any atom is -0.366 e. The van der Waals surface area contributed by atoms with Gasteiger partial charge in [0.05, 0.1) is 17.2 Å². The molecule has 3 aromatic rings. The molecular formula is C24H24N4O2. The summed E-state index contributed by atoms with van der Waals surface area (Å²) in [7, 11) is 0. The van der Waals surface area contributed by atoms with E-state index < -0.39 is 5.91 Å². The topological polar surface area (TPSA) is 79.5 Å². The Labute approximate surface area is 175 Å². The third-order valence-electron chi connectivity index (χ3n) is 5.47. The molecule has 2 amide bonds. The molecule has 2 aromatic carbocycles. The average molecular weight is 400 g/mol. The quantitative estimate of drug-likeness (QED) is 0.714. The standard InChI is InChI=1S/C24H24N4O2/c25-23(29)20-15-21(17-26-16-20)24(30)28-13-11-27(12-14-28)22(18-7-3-1-4-8-18)19-9-5-2-6-10-19/h1-10,15-17,22H,11-14H2,(H2,25,29). The van der Waals surface area contributed by atoms with Crippen LogP contribution in [-0.2, 0) is 0 Å². The predicted octanol–water partition coefficient (Wildman–Crippen LogP) is 2.73. The number of aromatic nitrogens is 1. The van der Waals surface area contributed by atoms with Crippen molar-refractivity contribution in [2.24, 2.45) is 5.73 Å². The van der Waals surface area contributed by atoms with Gasteiger partial charge in [0.1, 0.15) is 0 Å². The smallest absolute Gasteiger partial charge is 0.255 e. The normalized spacial score (nSPS) is 14.6. The first-order chi connectivity index (χ1) is 14.6. The number of pyridine rings is 1. The molecule has 6 heteroatoms.